The Kier molecular flexibility index (Phi) is 4.96. The zero-order valence-electron chi connectivity index (χ0n) is 13.7. The monoisotopic (exact) mass is 340 g/mol. The second-order valence-electron chi connectivity index (χ2n) is 5.61. The van der Waals surface area contributed by atoms with Crippen LogP contribution < -0.4 is 10.2 Å². The van der Waals surface area contributed by atoms with Gasteiger partial charge in [0.05, 0.1) is 6.54 Å². The Morgan fingerprint density at radius 3 is 2.54 bits per heavy atom. The van der Waals surface area contributed by atoms with Gasteiger partial charge in [0.15, 0.2) is 0 Å². The summed E-state index contributed by atoms with van der Waals surface area (Å²) in [5.74, 6) is 1.66. The molecule has 0 aliphatic heterocycles. The number of rotatable bonds is 6. The third-order valence-corrected chi connectivity index (χ3v) is 4.13. The van der Waals surface area contributed by atoms with E-state index in [4.69, 9.17) is 17.0 Å². The highest BCUT2D eigenvalue weighted by Crippen LogP contribution is 2.16. The molecule has 1 aromatic heterocycles. The van der Waals surface area contributed by atoms with Crippen LogP contribution in [0.15, 0.2) is 48.5 Å². The fourth-order valence-corrected chi connectivity index (χ4v) is 2.61. The minimum absolute atomic E-state index is 0.561. The van der Waals surface area contributed by atoms with Crippen LogP contribution in [0.2, 0.25) is 0 Å². The number of aromatic amines is 1. The average molecular weight is 340 g/mol. The molecule has 0 spiro atoms. The number of benzene rings is 2. The molecule has 5 nitrogen and oxygen atoms in total. The van der Waals surface area contributed by atoms with Crippen molar-refractivity contribution in [2.24, 2.45) is 0 Å². The third-order valence-electron chi connectivity index (χ3n) is 3.86. The van der Waals surface area contributed by atoms with Crippen LogP contribution in [0.5, 0.6) is 5.75 Å². The van der Waals surface area contributed by atoms with Crippen LogP contribution in [0, 0.1) is 18.6 Å². The summed E-state index contributed by atoms with van der Waals surface area (Å²) in [5.41, 5.74) is 6.82. The molecule has 3 rings (SSSR count). The molecule has 3 aromatic rings. The number of aryl methyl sites for hydroxylation is 2. The van der Waals surface area contributed by atoms with Crippen LogP contribution in [0.4, 0.5) is 0 Å². The average Bonchev–Trinajstić information content (AvgIpc) is 2.91. The van der Waals surface area contributed by atoms with Crippen LogP contribution >= 0.6 is 12.2 Å². The van der Waals surface area contributed by atoms with Gasteiger partial charge in [-0.1, -0.05) is 36.4 Å². The molecule has 0 amide bonds. The topological polar surface area (TPSA) is 54.9 Å². The number of H-pyrrole nitrogens is 1. The zero-order chi connectivity index (χ0) is 16.9. The first-order chi connectivity index (χ1) is 11.6. The van der Waals surface area contributed by atoms with Gasteiger partial charge in [-0.05, 0) is 54.9 Å². The first kappa shape index (κ1) is 16.3. The molecule has 0 radical (unpaired) electrons. The van der Waals surface area contributed by atoms with Gasteiger partial charge in [-0.2, -0.15) is 5.10 Å². The summed E-state index contributed by atoms with van der Waals surface area (Å²) in [7, 11) is 0. The van der Waals surface area contributed by atoms with Gasteiger partial charge in [0.2, 0.25) is 4.77 Å². The molecule has 1 heterocycles. The lowest BCUT2D eigenvalue weighted by molar-refractivity contribution is 0.305. The van der Waals surface area contributed by atoms with Crippen molar-refractivity contribution < 1.29 is 4.74 Å². The predicted molar refractivity (Wildman–Crippen MR) is 97.2 cm³/mol. The molecule has 2 aromatic carbocycles. The Bertz CT molecular complexity index is 867. The van der Waals surface area contributed by atoms with E-state index in [2.05, 4.69) is 34.7 Å². The Morgan fingerprint density at radius 1 is 1.12 bits per heavy atom. The van der Waals surface area contributed by atoms with Crippen molar-refractivity contribution in [3.8, 4) is 5.75 Å². The van der Waals surface area contributed by atoms with Crippen LogP contribution in [-0.2, 0) is 13.2 Å². The predicted octanol–water partition coefficient (Wildman–Crippen LogP) is 3.88. The molecule has 0 bridgehead atoms. The molecule has 2 N–H and O–H groups in total. The number of hydrogen-bond acceptors (Lipinski definition) is 4. The molecule has 0 saturated heterocycles. The van der Waals surface area contributed by atoms with E-state index < -0.39 is 0 Å². The van der Waals surface area contributed by atoms with E-state index in [1.54, 1.807) is 4.68 Å². The highest BCUT2D eigenvalue weighted by molar-refractivity contribution is 7.71. The Balaban J connectivity index is 1.57. The normalized spacial score (nSPS) is 10.6. The van der Waals surface area contributed by atoms with Crippen molar-refractivity contribution in [2.45, 2.75) is 27.0 Å². The quantitative estimate of drug-likeness (QED) is 0.669. The summed E-state index contributed by atoms with van der Waals surface area (Å²) < 4.78 is 8.18. The van der Waals surface area contributed by atoms with E-state index in [1.807, 2.05) is 43.3 Å². The van der Waals surface area contributed by atoms with E-state index in [-0.39, 0.29) is 0 Å². The lowest BCUT2D eigenvalue weighted by atomic mass is 10.1. The van der Waals surface area contributed by atoms with E-state index in [1.165, 1.54) is 11.1 Å². The highest BCUT2D eigenvalue weighted by Gasteiger charge is 2.02. The number of nitrogens with zero attached hydrogens (tertiary/aromatic N) is 2. The molecule has 24 heavy (non-hydrogen) atoms. The Labute approximate surface area is 146 Å². The first-order valence-electron chi connectivity index (χ1n) is 7.77. The summed E-state index contributed by atoms with van der Waals surface area (Å²) in [6.07, 6.45) is 0. The number of hydrogen-bond donors (Lipinski definition) is 2. The Hall–Kier alpha value is -2.60. The number of ether oxygens (including phenoxy) is 1. The van der Waals surface area contributed by atoms with Gasteiger partial charge in [-0.3, -0.25) is 5.10 Å². The van der Waals surface area contributed by atoms with E-state index in [9.17, 15) is 0 Å². The molecule has 0 unspecified atom stereocenters. The molecule has 0 fully saturated rings. The van der Waals surface area contributed by atoms with Crippen molar-refractivity contribution in [2.75, 3.05) is 5.43 Å². The van der Waals surface area contributed by atoms with Gasteiger partial charge in [0.1, 0.15) is 18.2 Å². The maximum atomic E-state index is 5.86. The van der Waals surface area contributed by atoms with Gasteiger partial charge in [0.25, 0.3) is 0 Å². The van der Waals surface area contributed by atoms with Gasteiger partial charge < -0.3 is 10.2 Å². The fourth-order valence-electron chi connectivity index (χ4n) is 2.37. The molecule has 0 aliphatic carbocycles. The smallest absolute Gasteiger partial charge is 0.214 e. The van der Waals surface area contributed by atoms with Crippen LogP contribution in [0.1, 0.15) is 22.5 Å². The Morgan fingerprint density at radius 2 is 1.88 bits per heavy atom. The summed E-state index contributed by atoms with van der Waals surface area (Å²) in [4.78, 5) is 0. The summed E-state index contributed by atoms with van der Waals surface area (Å²) in [6, 6.07) is 16.3. The second-order valence-corrected chi connectivity index (χ2v) is 5.99. The second kappa shape index (κ2) is 7.31. The third kappa shape index (κ3) is 3.83. The van der Waals surface area contributed by atoms with Gasteiger partial charge in [-0.15, -0.1) is 0 Å². The number of nitrogens with one attached hydrogen (secondary N) is 2. The van der Waals surface area contributed by atoms with E-state index >= 15 is 0 Å². The van der Waals surface area contributed by atoms with Crippen LogP contribution in [0.25, 0.3) is 0 Å². The molecule has 6 heteroatoms. The van der Waals surface area contributed by atoms with Gasteiger partial charge in [0, 0.05) is 0 Å². The molecule has 0 saturated carbocycles. The van der Waals surface area contributed by atoms with Crippen molar-refractivity contribution in [1.82, 2.24) is 14.9 Å². The summed E-state index contributed by atoms with van der Waals surface area (Å²) in [5, 5.41) is 6.82. The first-order valence-corrected chi connectivity index (χ1v) is 8.18. The standard InChI is InChI=1S/C18H20N4OS/c1-13-5-3-4-6-16(13)12-23-17-9-7-15(8-10-17)11-19-22-14(2)20-21-18(22)24/h3-10,19H,11-12H2,1-2H3,(H,21,24). The van der Waals surface area contributed by atoms with Crippen LogP contribution in [-0.4, -0.2) is 14.9 Å². The van der Waals surface area contributed by atoms with Crippen molar-refractivity contribution in [1.29, 1.82) is 0 Å². The van der Waals surface area contributed by atoms with Gasteiger partial charge in [-0.25, -0.2) is 4.68 Å². The minimum Gasteiger partial charge on any atom is -0.489 e. The number of aromatic nitrogens is 3. The van der Waals surface area contributed by atoms with E-state index in [0.29, 0.717) is 17.9 Å². The molecular formula is C18H20N4OS. The minimum atomic E-state index is 0.561. The largest absolute Gasteiger partial charge is 0.489 e. The van der Waals surface area contributed by atoms with Gasteiger partial charge >= 0.3 is 0 Å². The maximum absolute atomic E-state index is 5.86. The summed E-state index contributed by atoms with van der Waals surface area (Å²) >= 11 is 5.16. The van der Waals surface area contributed by atoms with E-state index in [0.717, 1.165) is 17.1 Å². The lowest BCUT2D eigenvalue weighted by Crippen LogP contribution is -2.15. The zero-order valence-corrected chi connectivity index (χ0v) is 14.6. The van der Waals surface area contributed by atoms with Crippen molar-refractivity contribution in [3.05, 3.63) is 75.8 Å². The van der Waals surface area contributed by atoms with Crippen molar-refractivity contribution >= 4 is 12.2 Å². The molecule has 0 aliphatic rings. The lowest BCUT2D eigenvalue weighted by Gasteiger charge is -2.11. The molecule has 0 atom stereocenters. The highest BCUT2D eigenvalue weighted by atomic mass is 32.1. The summed E-state index contributed by atoms with van der Waals surface area (Å²) in [6.45, 7) is 5.22. The molecular weight excluding hydrogens is 320 g/mol. The molecule has 124 valence electrons. The SMILES string of the molecule is Cc1ccccc1COc1ccc(CNn2c(C)n[nH]c2=S)cc1. The van der Waals surface area contributed by atoms with Crippen LogP contribution in [0.3, 0.4) is 0 Å². The van der Waals surface area contributed by atoms with Crippen molar-refractivity contribution in [3.63, 3.8) is 0 Å². The fraction of sp³-hybridized carbons (Fsp3) is 0.222. The maximum Gasteiger partial charge on any atom is 0.214 e.